The van der Waals surface area contributed by atoms with Gasteiger partial charge >= 0.3 is 0 Å². The van der Waals surface area contributed by atoms with E-state index in [0.29, 0.717) is 11.9 Å². The van der Waals surface area contributed by atoms with Gasteiger partial charge in [-0.15, -0.1) is 11.8 Å². The van der Waals surface area contributed by atoms with E-state index in [1.54, 1.807) is 23.1 Å². The van der Waals surface area contributed by atoms with Crippen LogP contribution in [0.3, 0.4) is 0 Å². The molecule has 3 N–H and O–H groups in total. The number of nitrogens with zero attached hydrogens (tertiary/aromatic N) is 4. The smallest absolute Gasteiger partial charge is 0.222 e. The molecule has 3 heterocycles. The third-order valence-electron chi connectivity index (χ3n) is 4.61. The van der Waals surface area contributed by atoms with Gasteiger partial charge in [0.05, 0.1) is 16.8 Å². The molecule has 7 nitrogen and oxygen atoms in total. The topological polar surface area (TPSA) is 91.4 Å². The van der Waals surface area contributed by atoms with Crippen molar-refractivity contribution in [2.45, 2.75) is 24.7 Å². The SMILES string of the molecule is CSc1cnc(NCC(C)CNc2nc3c(s2)C=C(c2cn[nH]c2)CC3)nc1. The highest BCUT2D eigenvalue weighted by Crippen LogP contribution is 2.34. The van der Waals surface area contributed by atoms with Crippen molar-refractivity contribution in [3.05, 3.63) is 40.9 Å². The van der Waals surface area contributed by atoms with E-state index >= 15 is 0 Å². The molecule has 9 heteroatoms. The van der Waals surface area contributed by atoms with Crippen LogP contribution in [0.25, 0.3) is 11.6 Å². The zero-order valence-corrected chi connectivity index (χ0v) is 17.5. The number of aromatic nitrogens is 5. The van der Waals surface area contributed by atoms with Crippen molar-refractivity contribution in [3.8, 4) is 0 Å². The van der Waals surface area contributed by atoms with Crippen LogP contribution in [0.4, 0.5) is 11.1 Å². The summed E-state index contributed by atoms with van der Waals surface area (Å²) in [5, 5.41) is 14.7. The predicted octanol–water partition coefficient (Wildman–Crippen LogP) is 4.03. The van der Waals surface area contributed by atoms with Gasteiger partial charge in [-0.05, 0) is 36.7 Å². The largest absolute Gasteiger partial charge is 0.361 e. The monoisotopic (exact) mass is 413 g/mol. The lowest BCUT2D eigenvalue weighted by molar-refractivity contribution is 0.645. The molecule has 0 fully saturated rings. The average Bonchev–Trinajstić information content (AvgIpc) is 3.40. The van der Waals surface area contributed by atoms with E-state index in [-0.39, 0.29) is 0 Å². The van der Waals surface area contributed by atoms with Gasteiger partial charge in [-0.3, -0.25) is 5.10 Å². The Morgan fingerprint density at radius 2 is 2.00 bits per heavy atom. The molecule has 1 aliphatic rings. The molecular weight excluding hydrogens is 390 g/mol. The Labute approximate surface area is 172 Å². The van der Waals surface area contributed by atoms with Crippen molar-refractivity contribution >= 4 is 45.8 Å². The first-order valence-electron chi connectivity index (χ1n) is 9.24. The Morgan fingerprint density at radius 3 is 2.75 bits per heavy atom. The van der Waals surface area contributed by atoms with Crippen LogP contribution in [0.15, 0.2) is 29.7 Å². The summed E-state index contributed by atoms with van der Waals surface area (Å²) in [6, 6.07) is 0. The van der Waals surface area contributed by atoms with Crippen LogP contribution in [0.5, 0.6) is 0 Å². The molecule has 3 aromatic rings. The summed E-state index contributed by atoms with van der Waals surface area (Å²) in [5.41, 5.74) is 3.68. The maximum atomic E-state index is 4.77. The zero-order chi connectivity index (χ0) is 19.3. The Kier molecular flexibility index (Phi) is 5.92. The fourth-order valence-electron chi connectivity index (χ4n) is 2.98. The van der Waals surface area contributed by atoms with Crippen molar-refractivity contribution in [2.24, 2.45) is 5.92 Å². The minimum atomic E-state index is 0.418. The number of hydrogen-bond acceptors (Lipinski definition) is 8. The number of aryl methyl sites for hydroxylation is 1. The van der Waals surface area contributed by atoms with E-state index in [1.807, 2.05) is 31.0 Å². The minimum Gasteiger partial charge on any atom is -0.361 e. The molecule has 3 aromatic heterocycles. The molecule has 0 saturated carbocycles. The number of thiazole rings is 1. The van der Waals surface area contributed by atoms with Crippen molar-refractivity contribution in [3.63, 3.8) is 0 Å². The standard InChI is InChI=1S/C19H23N7S2/c1-12(6-20-18-21-10-15(27-2)11-22-18)7-23-19-26-16-4-3-13(5-17(16)28-19)14-8-24-25-9-14/h5,8-12H,3-4,6-7H2,1-2H3,(H,23,26)(H,24,25)(H,20,21,22). The van der Waals surface area contributed by atoms with Gasteiger partial charge in [0, 0.05) is 42.1 Å². The Bertz CT molecular complexity index is 932. The summed E-state index contributed by atoms with van der Waals surface area (Å²) in [6.45, 7) is 3.85. The molecule has 1 atom stereocenters. The second-order valence-corrected chi connectivity index (χ2v) is 8.71. The van der Waals surface area contributed by atoms with Crippen LogP contribution < -0.4 is 10.6 Å². The highest BCUT2D eigenvalue weighted by molar-refractivity contribution is 7.98. The van der Waals surface area contributed by atoms with Gasteiger partial charge in [-0.2, -0.15) is 5.10 Å². The number of allylic oxidation sites excluding steroid dienone is 1. The molecule has 0 aliphatic heterocycles. The predicted molar refractivity (Wildman–Crippen MR) is 117 cm³/mol. The summed E-state index contributed by atoms with van der Waals surface area (Å²) in [5.74, 6) is 1.09. The molecule has 0 aromatic carbocycles. The molecule has 0 bridgehead atoms. The van der Waals surface area contributed by atoms with Crippen molar-refractivity contribution < 1.29 is 0 Å². The van der Waals surface area contributed by atoms with Crippen molar-refractivity contribution in [1.82, 2.24) is 25.1 Å². The van der Waals surface area contributed by atoms with E-state index < -0.39 is 0 Å². The van der Waals surface area contributed by atoms with E-state index in [9.17, 15) is 0 Å². The molecule has 1 aliphatic carbocycles. The molecule has 0 spiro atoms. The molecule has 1 unspecified atom stereocenters. The number of hydrogen-bond donors (Lipinski definition) is 3. The number of fused-ring (bicyclic) bond motifs is 1. The first-order chi connectivity index (χ1) is 13.7. The van der Waals surface area contributed by atoms with Gasteiger partial charge in [-0.25, -0.2) is 15.0 Å². The summed E-state index contributed by atoms with van der Waals surface area (Å²) < 4.78 is 0. The maximum Gasteiger partial charge on any atom is 0.222 e. The van der Waals surface area contributed by atoms with E-state index in [4.69, 9.17) is 4.98 Å². The second kappa shape index (κ2) is 8.74. The Hall–Kier alpha value is -2.39. The van der Waals surface area contributed by atoms with Gasteiger partial charge in [0.2, 0.25) is 5.95 Å². The van der Waals surface area contributed by atoms with Crippen LogP contribution >= 0.6 is 23.1 Å². The van der Waals surface area contributed by atoms with E-state index in [1.165, 1.54) is 21.7 Å². The number of rotatable bonds is 8. The second-order valence-electron chi connectivity index (χ2n) is 6.80. The van der Waals surface area contributed by atoms with Gasteiger partial charge in [-0.1, -0.05) is 18.3 Å². The third-order valence-corrected chi connectivity index (χ3v) is 6.29. The molecule has 4 rings (SSSR count). The lowest BCUT2D eigenvalue weighted by Crippen LogP contribution is -2.20. The first kappa shape index (κ1) is 18.9. The lowest BCUT2D eigenvalue weighted by Gasteiger charge is -2.13. The third kappa shape index (κ3) is 4.53. The highest BCUT2D eigenvalue weighted by atomic mass is 32.2. The van der Waals surface area contributed by atoms with Crippen LogP contribution in [0.2, 0.25) is 0 Å². The fourth-order valence-corrected chi connectivity index (χ4v) is 4.28. The molecular formula is C19H23N7S2. The van der Waals surface area contributed by atoms with Crippen LogP contribution in [0, 0.1) is 5.92 Å². The highest BCUT2D eigenvalue weighted by Gasteiger charge is 2.17. The zero-order valence-electron chi connectivity index (χ0n) is 15.9. The average molecular weight is 414 g/mol. The van der Waals surface area contributed by atoms with Crippen molar-refractivity contribution in [2.75, 3.05) is 30.0 Å². The first-order valence-corrected chi connectivity index (χ1v) is 11.3. The summed E-state index contributed by atoms with van der Waals surface area (Å²) in [7, 11) is 0. The molecule has 28 heavy (non-hydrogen) atoms. The number of anilines is 2. The minimum absolute atomic E-state index is 0.418. The fraction of sp³-hybridized carbons (Fsp3) is 0.368. The summed E-state index contributed by atoms with van der Waals surface area (Å²) in [4.78, 5) is 15.7. The maximum absolute atomic E-state index is 4.77. The van der Waals surface area contributed by atoms with Gasteiger partial charge < -0.3 is 10.6 Å². The number of thioether (sulfide) groups is 1. The Morgan fingerprint density at radius 1 is 1.18 bits per heavy atom. The normalized spacial score (nSPS) is 14.3. The van der Waals surface area contributed by atoms with Crippen LogP contribution in [0.1, 0.15) is 29.5 Å². The Balaban J connectivity index is 1.29. The van der Waals surface area contributed by atoms with Gasteiger partial charge in [0.15, 0.2) is 5.13 Å². The molecule has 0 amide bonds. The molecule has 146 valence electrons. The van der Waals surface area contributed by atoms with Crippen molar-refractivity contribution in [1.29, 1.82) is 0 Å². The number of nitrogens with one attached hydrogen (secondary N) is 3. The van der Waals surface area contributed by atoms with Gasteiger partial charge in [0.25, 0.3) is 0 Å². The molecule has 0 saturated heterocycles. The van der Waals surface area contributed by atoms with E-state index in [2.05, 4.69) is 43.8 Å². The van der Waals surface area contributed by atoms with E-state index in [0.717, 1.165) is 36.0 Å². The number of aromatic amines is 1. The van der Waals surface area contributed by atoms with Crippen LogP contribution in [-0.2, 0) is 6.42 Å². The quantitative estimate of drug-likeness (QED) is 0.480. The van der Waals surface area contributed by atoms with Gasteiger partial charge in [0.1, 0.15) is 0 Å². The molecule has 0 radical (unpaired) electrons. The number of H-pyrrole nitrogens is 1. The van der Waals surface area contributed by atoms with Crippen LogP contribution in [-0.4, -0.2) is 44.5 Å². The lowest BCUT2D eigenvalue weighted by atomic mass is 9.97. The summed E-state index contributed by atoms with van der Waals surface area (Å²) >= 11 is 3.36. The summed E-state index contributed by atoms with van der Waals surface area (Å²) in [6.07, 6.45) is 13.8.